The summed E-state index contributed by atoms with van der Waals surface area (Å²) in [7, 11) is 0. The van der Waals surface area contributed by atoms with Crippen LogP contribution in [0.2, 0.25) is 0 Å². The van der Waals surface area contributed by atoms with Crippen molar-refractivity contribution in [1.29, 1.82) is 5.26 Å². The van der Waals surface area contributed by atoms with E-state index in [1.165, 1.54) is 8.66 Å². The van der Waals surface area contributed by atoms with Gasteiger partial charge in [-0.15, -0.1) is 11.3 Å². The van der Waals surface area contributed by atoms with Crippen molar-refractivity contribution in [2.24, 2.45) is 0 Å². The van der Waals surface area contributed by atoms with Gasteiger partial charge in [0.25, 0.3) is 0 Å². The van der Waals surface area contributed by atoms with Crippen molar-refractivity contribution in [3.63, 3.8) is 0 Å². The number of nitrogens with zero attached hydrogens (tertiary/aromatic N) is 3. The van der Waals surface area contributed by atoms with E-state index < -0.39 is 0 Å². The molecule has 0 spiro atoms. The topological polar surface area (TPSA) is 30.3 Å². The molecule has 17 heavy (non-hydrogen) atoms. The maximum atomic E-state index is 8.88. The molecule has 1 atom stereocenters. The van der Waals surface area contributed by atoms with Crippen molar-refractivity contribution in [2.75, 3.05) is 26.2 Å². The van der Waals surface area contributed by atoms with Crippen LogP contribution in [-0.2, 0) is 6.54 Å². The summed E-state index contributed by atoms with van der Waals surface area (Å²) in [6.45, 7) is 7.13. The summed E-state index contributed by atoms with van der Waals surface area (Å²) >= 11 is 5.29. The predicted molar refractivity (Wildman–Crippen MR) is 73.9 cm³/mol. The van der Waals surface area contributed by atoms with Crippen LogP contribution in [-0.4, -0.2) is 42.0 Å². The highest BCUT2D eigenvalue weighted by atomic mass is 79.9. The first-order chi connectivity index (χ1) is 8.19. The molecule has 1 aromatic rings. The van der Waals surface area contributed by atoms with Crippen molar-refractivity contribution in [2.45, 2.75) is 19.5 Å². The van der Waals surface area contributed by atoms with Crippen LogP contribution in [0.3, 0.4) is 0 Å². The van der Waals surface area contributed by atoms with Gasteiger partial charge in [0, 0.05) is 37.6 Å². The van der Waals surface area contributed by atoms with Gasteiger partial charge in [-0.1, -0.05) is 0 Å². The number of nitriles is 1. The number of rotatable bonds is 3. The van der Waals surface area contributed by atoms with Crippen molar-refractivity contribution >= 4 is 27.3 Å². The molecular weight excluding hydrogens is 298 g/mol. The molecule has 1 aromatic heterocycles. The minimum atomic E-state index is 0.0491. The Balaban J connectivity index is 1.82. The zero-order valence-electron chi connectivity index (χ0n) is 9.90. The number of thiophene rings is 1. The van der Waals surface area contributed by atoms with Crippen LogP contribution in [0, 0.1) is 11.3 Å². The minimum absolute atomic E-state index is 0.0491. The fraction of sp³-hybridized carbons (Fsp3) is 0.583. The number of hydrogen-bond acceptors (Lipinski definition) is 4. The SMILES string of the molecule is CC(C#N)N1CCN(Cc2ccc(Br)s2)CC1. The summed E-state index contributed by atoms with van der Waals surface area (Å²) < 4.78 is 1.20. The highest BCUT2D eigenvalue weighted by Gasteiger charge is 2.20. The lowest BCUT2D eigenvalue weighted by Gasteiger charge is -2.35. The first-order valence-electron chi connectivity index (χ1n) is 5.79. The van der Waals surface area contributed by atoms with Crippen LogP contribution >= 0.6 is 27.3 Å². The van der Waals surface area contributed by atoms with Crippen LogP contribution in [0.1, 0.15) is 11.8 Å². The van der Waals surface area contributed by atoms with Gasteiger partial charge in [-0.25, -0.2) is 0 Å². The molecule has 1 aliphatic rings. The molecule has 92 valence electrons. The Morgan fingerprint density at radius 3 is 2.65 bits per heavy atom. The van der Waals surface area contributed by atoms with Crippen molar-refractivity contribution in [3.8, 4) is 6.07 Å². The van der Waals surface area contributed by atoms with Crippen LogP contribution < -0.4 is 0 Å². The fourth-order valence-corrected chi connectivity index (χ4v) is 3.57. The molecule has 0 aromatic carbocycles. The molecule has 0 bridgehead atoms. The molecule has 2 rings (SSSR count). The maximum Gasteiger partial charge on any atom is 0.0950 e. The van der Waals surface area contributed by atoms with Crippen LogP contribution in [0.5, 0.6) is 0 Å². The summed E-state index contributed by atoms with van der Waals surface area (Å²) in [5.74, 6) is 0. The lowest BCUT2D eigenvalue weighted by atomic mass is 10.2. The lowest BCUT2D eigenvalue weighted by Crippen LogP contribution is -2.48. The normalized spacial score (nSPS) is 20.1. The Bertz CT molecular complexity index is 404. The van der Waals surface area contributed by atoms with Crippen LogP contribution in [0.4, 0.5) is 0 Å². The quantitative estimate of drug-likeness (QED) is 0.859. The van der Waals surface area contributed by atoms with Gasteiger partial charge in [0.05, 0.1) is 15.9 Å². The molecular formula is C12H16BrN3S. The molecule has 0 saturated carbocycles. The zero-order chi connectivity index (χ0) is 12.3. The Morgan fingerprint density at radius 2 is 2.12 bits per heavy atom. The molecule has 1 aliphatic heterocycles. The van der Waals surface area contributed by atoms with E-state index in [9.17, 15) is 0 Å². The molecule has 3 nitrogen and oxygen atoms in total. The second-order valence-corrected chi connectivity index (χ2v) is 6.87. The van der Waals surface area contributed by atoms with Gasteiger partial charge in [-0.3, -0.25) is 9.80 Å². The van der Waals surface area contributed by atoms with Gasteiger partial charge in [-0.2, -0.15) is 5.26 Å². The summed E-state index contributed by atoms with van der Waals surface area (Å²) in [5.41, 5.74) is 0. The first-order valence-corrected chi connectivity index (χ1v) is 7.40. The molecule has 5 heteroatoms. The third-order valence-electron chi connectivity index (χ3n) is 3.15. The van der Waals surface area contributed by atoms with E-state index >= 15 is 0 Å². The molecule has 0 amide bonds. The van der Waals surface area contributed by atoms with Gasteiger partial charge in [0.2, 0.25) is 0 Å². The van der Waals surface area contributed by atoms with Gasteiger partial charge in [-0.05, 0) is 35.0 Å². The molecule has 1 fully saturated rings. The Morgan fingerprint density at radius 1 is 1.41 bits per heavy atom. The zero-order valence-corrected chi connectivity index (χ0v) is 12.3. The average molecular weight is 314 g/mol. The smallest absolute Gasteiger partial charge is 0.0950 e. The van der Waals surface area contributed by atoms with E-state index in [-0.39, 0.29) is 6.04 Å². The van der Waals surface area contributed by atoms with E-state index in [1.54, 1.807) is 11.3 Å². The largest absolute Gasteiger partial charge is 0.296 e. The Hall–Kier alpha value is -0.410. The standard InChI is InChI=1S/C12H16BrN3S/c1-10(8-14)16-6-4-15(5-7-16)9-11-2-3-12(13)17-11/h2-3,10H,4-7,9H2,1H3. The second kappa shape index (κ2) is 5.96. The van der Waals surface area contributed by atoms with Crippen LogP contribution in [0.25, 0.3) is 0 Å². The van der Waals surface area contributed by atoms with Crippen molar-refractivity contribution < 1.29 is 0 Å². The van der Waals surface area contributed by atoms with E-state index in [0.29, 0.717) is 0 Å². The fourth-order valence-electron chi connectivity index (χ4n) is 2.05. The summed E-state index contributed by atoms with van der Waals surface area (Å²) in [4.78, 5) is 6.11. The Labute approximate surface area is 115 Å². The van der Waals surface area contributed by atoms with Crippen LogP contribution in [0.15, 0.2) is 15.9 Å². The van der Waals surface area contributed by atoms with Gasteiger partial charge < -0.3 is 0 Å². The van der Waals surface area contributed by atoms with E-state index in [0.717, 1.165) is 32.7 Å². The molecule has 0 radical (unpaired) electrons. The van der Waals surface area contributed by atoms with Gasteiger partial charge >= 0.3 is 0 Å². The lowest BCUT2D eigenvalue weighted by molar-refractivity contribution is 0.115. The van der Waals surface area contributed by atoms with Gasteiger partial charge in [0.15, 0.2) is 0 Å². The highest BCUT2D eigenvalue weighted by molar-refractivity contribution is 9.11. The maximum absolute atomic E-state index is 8.88. The third kappa shape index (κ3) is 3.52. The minimum Gasteiger partial charge on any atom is -0.296 e. The average Bonchev–Trinajstić information content (AvgIpc) is 2.75. The summed E-state index contributed by atoms with van der Waals surface area (Å²) in [6, 6.07) is 6.64. The van der Waals surface area contributed by atoms with Crippen molar-refractivity contribution in [1.82, 2.24) is 9.80 Å². The van der Waals surface area contributed by atoms with Crippen molar-refractivity contribution in [3.05, 3.63) is 20.8 Å². The van der Waals surface area contributed by atoms with E-state index in [1.807, 2.05) is 6.92 Å². The highest BCUT2D eigenvalue weighted by Crippen LogP contribution is 2.23. The number of piperazine rings is 1. The molecule has 1 saturated heterocycles. The van der Waals surface area contributed by atoms with Gasteiger partial charge in [0.1, 0.15) is 0 Å². The molecule has 2 heterocycles. The van der Waals surface area contributed by atoms with E-state index in [2.05, 4.69) is 43.9 Å². The number of halogens is 1. The molecule has 1 unspecified atom stereocenters. The predicted octanol–water partition coefficient (Wildman–Crippen LogP) is 2.54. The number of hydrogen-bond donors (Lipinski definition) is 0. The Kier molecular flexibility index (Phi) is 4.57. The third-order valence-corrected chi connectivity index (χ3v) is 4.76. The molecule has 0 N–H and O–H groups in total. The molecule has 0 aliphatic carbocycles. The summed E-state index contributed by atoms with van der Waals surface area (Å²) in [6.07, 6.45) is 0. The van der Waals surface area contributed by atoms with E-state index in [4.69, 9.17) is 5.26 Å². The second-order valence-electron chi connectivity index (χ2n) is 4.32. The summed E-state index contributed by atoms with van der Waals surface area (Å²) in [5, 5.41) is 8.88. The monoisotopic (exact) mass is 313 g/mol. The first kappa shape index (κ1) is 13.0.